The topological polar surface area (TPSA) is 101 Å². The quantitative estimate of drug-likeness (QED) is 0.420. The molecule has 2 aromatic carbocycles. The molecule has 0 aliphatic carbocycles. The van der Waals surface area contributed by atoms with Crippen molar-refractivity contribution in [3.63, 3.8) is 0 Å². The Balaban J connectivity index is 1.46. The molecule has 2 saturated heterocycles. The highest BCUT2D eigenvalue weighted by Gasteiger charge is 2.58. The first kappa shape index (κ1) is 29.2. The number of aromatic nitrogens is 2. The summed E-state index contributed by atoms with van der Waals surface area (Å²) in [5.74, 6) is 1.39. The van der Waals surface area contributed by atoms with Crippen molar-refractivity contribution in [2.75, 3.05) is 39.4 Å². The molecule has 3 heterocycles. The van der Waals surface area contributed by atoms with Crippen molar-refractivity contribution in [2.24, 2.45) is 5.41 Å². The second-order valence-corrected chi connectivity index (χ2v) is 12.9. The molecule has 1 N–H and O–H groups in total. The van der Waals surface area contributed by atoms with Gasteiger partial charge in [-0.3, -0.25) is 4.90 Å². The van der Waals surface area contributed by atoms with Gasteiger partial charge in [0.25, 0.3) is 5.89 Å². The van der Waals surface area contributed by atoms with Crippen LogP contribution in [0.2, 0.25) is 0 Å². The van der Waals surface area contributed by atoms with E-state index in [2.05, 4.69) is 41.0 Å². The van der Waals surface area contributed by atoms with Crippen LogP contribution in [0.15, 0.2) is 53.1 Å². The molecule has 41 heavy (non-hydrogen) atoms. The van der Waals surface area contributed by atoms with Gasteiger partial charge in [-0.15, -0.1) is 0 Å². The highest BCUT2D eigenvalue weighted by molar-refractivity contribution is 5.70. The number of carbonyl (C=O) groups is 1. The van der Waals surface area contributed by atoms with Crippen molar-refractivity contribution in [3.05, 3.63) is 71.0 Å². The van der Waals surface area contributed by atoms with E-state index in [1.807, 2.05) is 64.1 Å². The molecule has 1 atom stereocenters. The third kappa shape index (κ3) is 6.03. The molecule has 2 aliphatic heterocycles. The largest absolute Gasteiger partial charge is 0.444 e. The molecule has 0 bridgehead atoms. The lowest BCUT2D eigenvalue weighted by Gasteiger charge is -2.56. The van der Waals surface area contributed by atoms with Gasteiger partial charge in [0, 0.05) is 37.2 Å². The zero-order valence-corrected chi connectivity index (χ0v) is 25.0. The van der Waals surface area contributed by atoms with Gasteiger partial charge in [0.15, 0.2) is 5.82 Å². The average Bonchev–Trinajstić information content (AvgIpc) is 3.39. The number of ether oxygens (including phenoxy) is 2. The first-order valence-corrected chi connectivity index (χ1v) is 14.4. The molecule has 220 valence electrons. The van der Waals surface area contributed by atoms with Crippen LogP contribution in [0.4, 0.5) is 4.79 Å². The summed E-state index contributed by atoms with van der Waals surface area (Å²) >= 11 is 0. The molecule has 1 aromatic heterocycles. The summed E-state index contributed by atoms with van der Waals surface area (Å²) in [6, 6.07) is 15.8. The number of aliphatic hydroxyl groups is 1. The van der Waals surface area contributed by atoms with Gasteiger partial charge in [-0.25, -0.2) is 4.79 Å². The summed E-state index contributed by atoms with van der Waals surface area (Å²) in [6.07, 6.45) is -0.375. The maximum atomic E-state index is 12.8. The lowest BCUT2D eigenvalue weighted by molar-refractivity contribution is -0.131. The number of carbonyl (C=O) groups excluding carboxylic acids is 1. The monoisotopic (exact) mass is 562 g/mol. The minimum Gasteiger partial charge on any atom is -0.444 e. The van der Waals surface area contributed by atoms with Crippen LogP contribution >= 0.6 is 0 Å². The van der Waals surface area contributed by atoms with Crippen molar-refractivity contribution in [1.82, 2.24) is 19.9 Å². The van der Waals surface area contributed by atoms with E-state index in [1.165, 1.54) is 5.56 Å². The Labute approximate surface area is 242 Å². The molecule has 5 rings (SSSR count). The molecular formula is C32H42N4O5. The molecule has 2 fully saturated rings. The van der Waals surface area contributed by atoms with Crippen molar-refractivity contribution < 1.29 is 23.9 Å². The molecule has 9 heteroatoms. The van der Waals surface area contributed by atoms with Gasteiger partial charge in [0.2, 0.25) is 0 Å². The molecule has 0 radical (unpaired) electrons. The van der Waals surface area contributed by atoms with E-state index in [-0.39, 0.29) is 6.09 Å². The third-order valence-corrected chi connectivity index (χ3v) is 8.06. The smallest absolute Gasteiger partial charge is 0.410 e. The number of rotatable bonds is 7. The summed E-state index contributed by atoms with van der Waals surface area (Å²) in [5, 5.41) is 16.9. The van der Waals surface area contributed by atoms with Crippen LogP contribution in [0.25, 0.3) is 11.5 Å². The van der Waals surface area contributed by atoms with E-state index < -0.39 is 16.6 Å². The molecule has 0 unspecified atom stereocenters. The second-order valence-electron chi connectivity index (χ2n) is 12.9. The van der Waals surface area contributed by atoms with Gasteiger partial charge in [0.05, 0.1) is 19.8 Å². The zero-order chi connectivity index (χ0) is 29.4. The van der Waals surface area contributed by atoms with Crippen molar-refractivity contribution >= 4 is 6.09 Å². The first-order valence-electron chi connectivity index (χ1n) is 14.4. The van der Waals surface area contributed by atoms with Crippen LogP contribution in [0.3, 0.4) is 0 Å². The number of amides is 1. The van der Waals surface area contributed by atoms with Crippen molar-refractivity contribution in [2.45, 2.75) is 65.2 Å². The molecule has 0 spiro atoms. The molecule has 3 aromatic rings. The maximum Gasteiger partial charge on any atom is 0.410 e. The Bertz CT molecular complexity index is 1350. The van der Waals surface area contributed by atoms with E-state index in [1.54, 1.807) is 4.90 Å². The van der Waals surface area contributed by atoms with E-state index in [0.29, 0.717) is 56.0 Å². The van der Waals surface area contributed by atoms with Crippen LogP contribution in [0.5, 0.6) is 0 Å². The summed E-state index contributed by atoms with van der Waals surface area (Å²) in [6.45, 7) is 16.2. The summed E-state index contributed by atoms with van der Waals surface area (Å²) in [4.78, 5) is 21.4. The number of nitrogens with zero attached hydrogens (tertiary/aromatic N) is 4. The average molecular weight is 563 g/mol. The number of benzene rings is 2. The fourth-order valence-corrected chi connectivity index (χ4v) is 5.73. The molecule has 2 aliphatic rings. The van der Waals surface area contributed by atoms with E-state index in [9.17, 15) is 9.90 Å². The van der Waals surface area contributed by atoms with Gasteiger partial charge in [-0.05, 0) is 55.5 Å². The lowest BCUT2D eigenvalue weighted by atomic mass is 9.61. The predicted molar refractivity (Wildman–Crippen MR) is 155 cm³/mol. The fourth-order valence-electron chi connectivity index (χ4n) is 5.73. The Hall–Kier alpha value is -3.27. The first-order chi connectivity index (χ1) is 19.4. The minimum absolute atomic E-state index is 0.346. The van der Waals surface area contributed by atoms with E-state index in [4.69, 9.17) is 14.0 Å². The number of likely N-dealkylation sites (tertiary alicyclic amines) is 1. The Kier molecular flexibility index (Phi) is 7.98. The predicted octanol–water partition coefficient (Wildman–Crippen LogP) is 5.19. The van der Waals surface area contributed by atoms with Gasteiger partial charge in [0.1, 0.15) is 11.2 Å². The number of hydrogen-bond acceptors (Lipinski definition) is 8. The number of hydrogen-bond donors (Lipinski definition) is 1. The zero-order valence-electron chi connectivity index (χ0n) is 25.0. The van der Waals surface area contributed by atoms with Crippen molar-refractivity contribution in [1.29, 1.82) is 0 Å². The van der Waals surface area contributed by atoms with E-state index in [0.717, 1.165) is 24.2 Å². The number of morpholine rings is 1. The summed E-state index contributed by atoms with van der Waals surface area (Å²) in [7, 11) is 0. The van der Waals surface area contributed by atoms with Crippen LogP contribution in [0.1, 0.15) is 70.0 Å². The highest BCUT2D eigenvalue weighted by atomic mass is 16.6. The normalized spacial score (nSPS) is 19.1. The Morgan fingerprint density at radius 2 is 1.76 bits per heavy atom. The van der Waals surface area contributed by atoms with Crippen LogP contribution in [-0.2, 0) is 21.6 Å². The molecule has 1 amide bonds. The molecule has 0 saturated carbocycles. The molecular weight excluding hydrogens is 520 g/mol. The third-order valence-electron chi connectivity index (χ3n) is 8.06. The van der Waals surface area contributed by atoms with Gasteiger partial charge < -0.3 is 24.0 Å². The standard InChI is InChI=1S/C32H42N4O5/c1-22(2)23-10-12-25(13-11-23)32(38,31(6)20-36(21-31)29(37)40-30(3,4)5)26-9-7-8-24(18-26)28-33-27(34-41-28)19-35-14-16-39-17-15-35/h7-13,18,22,38H,14-17,19-21H2,1-6H3/t32-/m0/s1. The second kappa shape index (κ2) is 11.2. The SMILES string of the molecule is CC(C)c1ccc([C@](O)(c2cccc(-c3nc(CN4CCOCC4)no3)c2)C2(C)CN(C(=O)OC(C)(C)C)C2)cc1. The van der Waals surface area contributed by atoms with Gasteiger partial charge >= 0.3 is 6.09 Å². The lowest BCUT2D eigenvalue weighted by Crippen LogP contribution is -2.66. The Morgan fingerprint density at radius 3 is 2.39 bits per heavy atom. The van der Waals surface area contributed by atoms with Gasteiger partial charge in [-0.2, -0.15) is 4.98 Å². The highest BCUT2D eigenvalue weighted by Crippen LogP contribution is 2.51. The molecule has 9 nitrogen and oxygen atoms in total. The van der Waals surface area contributed by atoms with Crippen LogP contribution in [-0.4, -0.2) is 76.1 Å². The minimum atomic E-state index is -1.40. The summed E-state index contributed by atoms with van der Waals surface area (Å²) < 4.78 is 16.7. The summed E-state index contributed by atoms with van der Waals surface area (Å²) in [5.41, 5.74) is 0.734. The van der Waals surface area contributed by atoms with Crippen LogP contribution < -0.4 is 0 Å². The fraction of sp³-hybridized carbons (Fsp3) is 0.531. The van der Waals surface area contributed by atoms with Crippen LogP contribution in [0, 0.1) is 5.41 Å². The van der Waals surface area contributed by atoms with Gasteiger partial charge in [-0.1, -0.05) is 62.3 Å². The van der Waals surface area contributed by atoms with E-state index >= 15 is 0 Å². The van der Waals surface area contributed by atoms with Crippen molar-refractivity contribution in [3.8, 4) is 11.5 Å². The maximum absolute atomic E-state index is 12.8. The Morgan fingerprint density at radius 1 is 1.07 bits per heavy atom.